The molecule has 0 spiro atoms. The summed E-state index contributed by atoms with van der Waals surface area (Å²) < 4.78 is 1.96. The van der Waals surface area contributed by atoms with Crippen LogP contribution in [0.15, 0.2) is 6.20 Å². The molecule has 1 aliphatic carbocycles. The van der Waals surface area contributed by atoms with Crippen LogP contribution in [0.4, 0.5) is 5.00 Å². The lowest BCUT2D eigenvalue weighted by atomic mass is 9.69. The van der Waals surface area contributed by atoms with E-state index in [1.54, 1.807) is 11.3 Å². The number of hydrogen-bond acceptors (Lipinski definition) is 5. The van der Waals surface area contributed by atoms with Crippen molar-refractivity contribution in [2.75, 3.05) is 18.9 Å². The molecule has 0 saturated heterocycles. The van der Waals surface area contributed by atoms with Gasteiger partial charge in [0.15, 0.2) is 0 Å². The van der Waals surface area contributed by atoms with Crippen LogP contribution in [0.1, 0.15) is 67.8 Å². The summed E-state index contributed by atoms with van der Waals surface area (Å²) in [5.41, 5.74) is 4.39. The summed E-state index contributed by atoms with van der Waals surface area (Å²) in [6.45, 7) is 12.8. The number of nitrogens with zero attached hydrogens (tertiary/aromatic N) is 4. The Morgan fingerprint density at radius 2 is 2.19 bits per heavy atom. The van der Waals surface area contributed by atoms with E-state index in [2.05, 4.69) is 51.1 Å². The maximum atomic E-state index is 12.7. The summed E-state index contributed by atoms with van der Waals surface area (Å²) in [5.74, 6) is 0.542. The molecule has 1 amide bonds. The van der Waals surface area contributed by atoms with Crippen LogP contribution in [-0.4, -0.2) is 34.2 Å². The lowest BCUT2D eigenvalue weighted by molar-refractivity contribution is -0.117. The quantitative estimate of drug-likeness (QED) is 0.641. The van der Waals surface area contributed by atoms with Gasteiger partial charge in [0.2, 0.25) is 5.91 Å². The lowest BCUT2D eigenvalue weighted by Crippen LogP contribution is -2.30. The van der Waals surface area contributed by atoms with Crippen LogP contribution < -0.4 is 5.32 Å². The minimum absolute atomic E-state index is 0.0800. The highest BCUT2D eigenvalue weighted by atomic mass is 32.1. The molecule has 0 bridgehead atoms. The SMILES string of the molecule is CCn1ncc(CN(C)CC(=O)Nc2sc3c(c2C#N)CCC(C(C)(C)CC)C3)c1C. The van der Waals surface area contributed by atoms with Crippen LogP contribution in [0.5, 0.6) is 0 Å². The largest absolute Gasteiger partial charge is 0.315 e. The van der Waals surface area contributed by atoms with Gasteiger partial charge in [0.25, 0.3) is 0 Å². The molecule has 0 aliphatic heterocycles. The average molecular weight is 442 g/mol. The van der Waals surface area contributed by atoms with Gasteiger partial charge in [-0.2, -0.15) is 10.4 Å². The second-order valence-electron chi connectivity index (χ2n) is 9.39. The molecule has 6 nitrogen and oxygen atoms in total. The molecular formula is C24H35N5OS. The molecule has 0 aromatic carbocycles. The Morgan fingerprint density at radius 3 is 2.81 bits per heavy atom. The number of thiophene rings is 1. The van der Waals surface area contributed by atoms with Crippen LogP contribution >= 0.6 is 11.3 Å². The van der Waals surface area contributed by atoms with E-state index in [1.807, 2.05) is 22.8 Å². The maximum Gasteiger partial charge on any atom is 0.239 e. The predicted molar refractivity (Wildman–Crippen MR) is 126 cm³/mol. The Bertz CT molecular complexity index is 981. The standard InChI is InChI=1S/C24H35N5OS/c1-7-24(4,5)18-9-10-19-20(12-25)23(31-21(19)11-18)27-22(30)15-28(6)14-17-13-26-29(8-2)16(17)3/h13,18H,7-11,14-15H2,1-6H3,(H,27,30). The van der Waals surface area contributed by atoms with Gasteiger partial charge in [0.05, 0.1) is 18.3 Å². The number of carbonyl (C=O) groups is 1. The van der Waals surface area contributed by atoms with E-state index in [9.17, 15) is 10.1 Å². The lowest BCUT2D eigenvalue weighted by Gasteiger charge is -2.36. The summed E-state index contributed by atoms with van der Waals surface area (Å²) in [4.78, 5) is 16.0. The molecule has 168 valence electrons. The van der Waals surface area contributed by atoms with Gasteiger partial charge >= 0.3 is 0 Å². The zero-order valence-electron chi connectivity index (χ0n) is 19.7. The Hall–Kier alpha value is -2.17. The Kier molecular flexibility index (Phi) is 7.23. The van der Waals surface area contributed by atoms with E-state index < -0.39 is 0 Å². The van der Waals surface area contributed by atoms with Crippen molar-refractivity contribution in [3.05, 3.63) is 33.5 Å². The van der Waals surface area contributed by atoms with E-state index in [4.69, 9.17) is 0 Å². The molecule has 3 rings (SSSR count). The van der Waals surface area contributed by atoms with Crippen LogP contribution in [0.25, 0.3) is 0 Å². The third-order valence-corrected chi connectivity index (χ3v) is 8.17. The van der Waals surface area contributed by atoms with E-state index in [0.29, 0.717) is 23.4 Å². The first-order chi connectivity index (χ1) is 14.7. The third-order valence-electron chi connectivity index (χ3n) is 7.00. The molecule has 1 N–H and O–H groups in total. The van der Waals surface area contributed by atoms with Gasteiger partial charge in [0, 0.05) is 29.2 Å². The number of aromatic nitrogens is 2. The molecular weight excluding hydrogens is 406 g/mol. The number of fused-ring (bicyclic) bond motifs is 1. The predicted octanol–water partition coefficient (Wildman–Crippen LogP) is 4.76. The molecule has 2 heterocycles. The minimum atomic E-state index is -0.0800. The van der Waals surface area contributed by atoms with Gasteiger partial charge in [-0.05, 0) is 57.1 Å². The van der Waals surface area contributed by atoms with Crippen molar-refractivity contribution in [2.45, 2.75) is 73.4 Å². The smallest absolute Gasteiger partial charge is 0.239 e. The van der Waals surface area contributed by atoms with Gasteiger partial charge in [-0.15, -0.1) is 11.3 Å². The molecule has 2 aromatic heterocycles. The van der Waals surface area contributed by atoms with Crippen LogP contribution in [0.2, 0.25) is 0 Å². The summed E-state index contributed by atoms with van der Waals surface area (Å²) in [7, 11) is 1.93. The van der Waals surface area contributed by atoms with Gasteiger partial charge in [-0.25, -0.2) is 0 Å². The molecule has 1 unspecified atom stereocenters. The Balaban J connectivity index is 1.66. The highest BCUT2D eigenvalue weighted by Crippen LogP contribution is 2.45. The number of carbonyl (C=O) groups excluding carboxylic acids is 1. The van der Waals surface area contributed by atoms with E-state index in [0.717, 1.165) is 54.0 Å². The number of likely N-dealkylation sites (N-methyl/N-ethyl adjacent to an activating group) is 1. The van der Waals surface area contributed by atoms with Crippen molar-refractivity contribution in [3.63, 3.8) is 0 Å². The number of nitrogens with one attached hydrogen (secondary N) is 1. The Morgan fingerprint density at radius 1 is 1.45 bits per heavy atom. The van der Waals surface area contributed by atoms with E-state index in [1.165, 1.54) is 4.88 Å². The first-order valence-corrected chi connectivity index (χ1v) is 12.1. The highest BCUT2D eigenvalue weighted by molar-refractivity contribution is 7.16. The molecule has 0 radical (unpaired) electrons. The van der Waals surface area contributed by atoms with Gasteiger partial charge < -0.3 is 5.32 Å². The minimum Gasteiger partial charge on any atom is -0.315 e. The second-order valence-corrected chi connectivity index (χ2v) is 10.5. The monoisotopic (exact) mass is 441 g/mol. The summed E-state index contributed by atoms with van der Waals surface area (Å²) in [6, 6.07) is 2.36. The van der Waals surface area contributed by atoms with Crippen molar-refractivity contribution >= 4 is 22.2 Å². The number of rotatable bonds is 8. The molecule has 1 atom stereocenters. The fourth-order valence-electron chi connectivity index (χ4n) is 4.47. The molecule has 31 heavy (non-hydrogen) atoms. The number of hydrogen-bond donors (Lipinski definition) is 1. The fourth-order valence-corrected chi connectivity index (χ4v) is 5.76. The second kappa shape index (κ2) is 9.54. The average Bonchev–Trinajstić information content (AvgIpc) is 3.26. The third kappa shape index (κ3) is 5.02. The van der Waals surface area contributed by atoms with Crippen LogP contribution in [0.3, 0.4) is 0 Å². The van der Waals surface area contributed by atoms with E-state index in [-0.39, 0.29) is 12.5 Å². The number of aryl methyl sites for hydroxylation is 1. The van der Waals surface area contributed by atoms with Crippen molar-refractivity contribution in [1.29, 1.82) is 5.26 Å². The first kappa shape index (κ1) is 23.5. The topological polar surface area (TPSA) is 74.0 Å². The molecule has 1 aliphatic rings. The molecule has 2 aromatic rings. The zero-order chi connectivity index (χ0) is 22.8. The van der Waals surface area contributed by atoms with E-state index >= 15 is 0 Å². The van der Waals surface area contributed by atoms with Gasteiger partial charge in [-0.3, -0.25) is 14.4 Å². The summed E-state index contributed by atoms with van der Waals surface area (Å²) in [6.07, 6.45) is 6.07. The first-order valence-electron chi connectivity index (χ1n) is 11.2. The van der Waals surface area contributed by atoms with Crippen molar-refractivity contribution in [2.24, 2.45) is 11.3 Å². The highest BCUT2D eigenvalue weighted by Gasteiger charge is 2.34. The molecule has 0 saturated carbocycles. The number of nitriles is 1. The van der Waals surface area contributed by atoms with Crippen molar-refractivity contribution < 1.29 is 4.79 Å². The summed E-state index contributed by atoms with van der Waals surface area (Å²) >= 11 is 1.60. The molecule has 0 fully saturated rings. The zero-order valence-corrected chi connectivity index (χ0v) is 20.5. The molecule has 7 heteroatoms. The normalized spacial score (nSPS) is 16.3. The van der Waals surface area contributed by atoms with Gasteiger partial charge in [-0.1, -0.05) is 27.2 Å². The van der Waals surface area contributed by atoms with Crippen LogP contribution in [-0.2, 0) is 30.7 Å². The number of amides is 1. The van der Waals surface area contributed by atoms with Crippen LogP contribution in [0, 0.1) is 29.6 Å². The van der Waals surface area contributed by atoms with Crippen molar-refractivity contribution in [3.8, 4) is 6.07 Å². The van der Waals surface area contributed by atoms with Crippen molar-refractivity contribution in [1.82, 2.24) is 14.7 Å². The van der Waals surface area contributed by atoms with Gasteiger partial charge in [0.1, 0.15) is 11.1 Å². The summed E-state index contributed by atoms with van der Waals surface area (Å²) in [5, 5.41) is 17.9. The fraction of sp³-hybridized carbons (Fsp3) is 0.625. The maximum absolute atomic E-state index is 12.7. The Labute approximate surface area is 190 Å². The number of anilines is 1.